The molecule has 2 aliphatic carbocycles. The number of carbonyl (C=O) groups excluding carboxylic acids is 2. The average molecular weight is 226 g/mol. The number of rotatable bonds is 3. The SMILES string of the molecule is O=C1C=C(CCC2CC2)C(=O)c2ccccc21. The third-order valence-corrected chi connectivity index (χ3v) is 3.55. The highest BCUT2D eigenvalue weighted by Gasteiger charge is 2.27. The van der Waals surface area contributed by atoms with Gasteiger partial charge in [-0.1, -0.05) is 37.1 Å². The van der Waals surface area contributed by atoms with E-state index in [0.29, 0.717) is 16.7 Å². The Morgan fingerprint density at radius 1 is 1.06 bits per heavy atom. The molecule has 0 radical (unpaired) electrons. The first kappa shape index (κ1) is 10.5. The van der Waals surface area contributed by atoms with Crippen LogP contribution in [0.5, 0.6) is 0 Å². The molecule has 0 spiro atoms. The average Bonchev–Trinajstić information content (AvgIpc) is 3.16. The van der Waals surface area contributed by atoms with E-state index in [2.05, 4.69) is 0 Å². The van der Waals surface area contributed by atoms with Crippen LogP contribution in [0.1, 0.15) is 46.4 Å². The van der Waals surface area contributed by atoms with Crippen LogP contribution in [-0.2, 0) is 0 Å². The van der Waals surface area contributed by atoms with Gasteiger partial charge in [0, 0.05) is 16.7 Å². The number of benzene rings is 1. The summed E-state index contributed by atoms with van der Waals surface area (Å²) in [5, 5.41) is 0. The van der Waals surface area contributed by atoms with Crippen LogP contribution in [0, 0.1) is 5.92 Å². The maximum atomic E-state index is 12.2. The second-order valence-electron chi connectivity index (χ2n) is 4.89. The highest BCUT2D eigenvalue weighted by molar-refractivity contribution is 6.24. The van der Waals surface area contributed by atoms with Crippen molar-refractivity contribution in [1.29, 1.82) is 0 Å². The molecule has 1 saturated carbocycles. The number of fused-ring (bicyclic) bond motifs is 1. The maximum Gasteiger partial charge on any atom is 0.189 e. The molecule has 2 heteroatoms. The molecule has 0 heterocycles. The van der Waals surface area contributed by atoms with Gasteiger partial charge in [-0.25, -0.2) is 0 Å². The predicted molar refractivity (Wildman–Crippen MR) is 65.1 cm³/mol. The van der Waals surface area contributed by atoms with Crippen molar-refractivity contribution in [3.05, 3.63) is 47.0 Å². The van der Waals surface area contributed by atoms with Crippen molar-refractivity contribution in [2.45, 2.75) is 25.7 Å². The van der Waals surface area contributed by atoms with Crippen LogP contribution in [0.3, 0.4) is 0 Å². The Balaban J connectivity index is 1.87. The van der Waals surface area contributed by atoms with Crippen molar-refractivity contribution < 1.29 is 9.59 Å². The van der Waals surface area contributed by atoms with Crippen molar-refractivity contribution in [3.8, 4) is 0 Å². The van der Waals surface area contributed by atoms with Crippen LogP contribution in [0.25, 0.3) is 0 Å². The third-order valence-electron chi connectivity index (χ3n) is 3.55. The lowest BCUT2D eigenvalue weighted by Gasteiger charge is -2.14. The van der Waals surface area contributed by atoms with Gasteiger partial charge in [0.15, 0.2) is 11.6 Å². The molecule has 0 N–H and O–H groups in total. The van der Waals surface area contributed by atoms with Gasteiger partial charge in [0.25, 0.3) is 0 Å². The zero-order valence-corrected chi connectivity index (χ0v) is 9.61. The molecule has 17 heavy (non-hydrogen) atoms. The number of carbonyl (C=O) groups is 2. The minimum absolute atomic E-state index is 0.0222. The summed E-state index contributed by atoms with van der Waals surface area (Å²) in [5.74, 6) is 0.808. The standard InChI is InChI=1S/C15H14O2/c16-14-9-11(8-7-10-5-6-10)15(17)13-4-2-1-3-12(13)14/h1-4,9-10H,5-8H2. The molecule has 0 bridgehead atoms. The zero-order valence-electron chi connectivity index (χ0n) is 9.61. The predicted octanol–water partition coefficient (Wildman–Crippen LogP) is 3.18. The van der Waals surface area contributed by atoms with Gasteiger partial charge in [-0.2, -0.15) is 0 Å². The number of Topliss-reactive ketones (excluding diaryl/α,β-unsaturated/α-hetero) is 1. The first-order valence-corrected chi connectivity index (χ1v) is 6.14. The van der Waals surface area contributed by atoms with Crippen LogP contribution in [-0.4, -0.2) is 11.6 Å². The van der Waals surface area contributed by atoms with Crippen LogP contribution < -0.4 is 0 Å². The topological polar surface area (TPSA) is 34.1 Å². The van der Waals surface area contributed by atoms with Crippen molar-refractivity contribution in [1.82, 2.24) is 0 Å². The van der Waals surface area contributed by atoms with Crippen LogP contribution in [0.2, 0.25) is 0 Å². The molecular formula is C15H14O2. The summed E-state index contributed by atoms with van der Waals surface area (Å²) in [6.45, 7) is 0. The van der Waals surface area contributed by atoms with Crippen LogP contribution in [0.15, 0.2) is 35.9 Å². The molecule has 2 aliphatic rings. The fourth-order valence-corrected chi connectivity index (χ4v) is 2.32. The highest BCUT2D eigenvalue weighted by atomic mass is 16.1. The minimum atomic E-state index is -0.0222. The molecule has 2 nitrogen and oxygen atoms in total. The fraction of sp³-hybridized carbons (Fsp3) is 0.333. The molecule has 0 atom stereocenters. The lowest BCUT2D eigenvalue weighted by atomic mass is 9.87. The quantitative estimate of drug-likeness (QED) is 0.793. The Labute approximate surface area is 100 Å². The van der Waals surface area contributed by atoms with Gasteiger partial charge in [0.05, 0.1) is 0 Å². The van der Waals surface area contributed by atoms with E-state index in [1.54, 1.807) is 18.2 Å². The second kappa shape index (κ2) is 3.95. The van der Waals surface area contributed by atoms with Crippen molar-refractivity contribution in [2.75, 3.05) is 0 Å². The van der Waals surface area contributed by atoms with E-state index in [4.69, 9.17) is 0 Å². The number of ketones is 2. The Morgan fingerprint density at radius 3 is 2.47 bits per heavy atom. The van der Waals surface area contributed by atoms with Gasteiger partial charge in [0.2, 0.25) is 0 Å². The Hall–Kier alpha value is -1.70. The number of hydrogen-bond acceptors (Lipinski definition) is 2. The van der Waals surface area contributed by atoms with Crippen molar-refractivity contribution in [2.24, 2.45) is 5.92 Å². The Bertz CT molecular complexity index is 521. The van der Waals surface area contributed by atoms with Crippen molar-refractivity contribution >= 4 is 11.6 Å². The summed E-state index contributed by atoms with van der Waals surface area (Å²) >= 11 is 0. The van der Waals surface area contributed by atoms with Crippen molar-refractivity contribution in [3.63, 3.8) is 0 Å². The van der Waals surface area contributed by atoms with E-state index in [1.807, 2.05) is 6.07 Å². The molecule has 1 fully saturated rings. The monoisotopic (exact) mass is 226 g/mol. The summed E-state index contributed by atoms with van der Waals surface area (Å²) in [5.41, 5.74) is 1.82. The first-order valence-electron chi connectivity index (χ1n) is 6.14. The van der Waals surface area contributed by atoms with E-state index < -0.39 is 0 Å². The molecule has 0 aliphatic heterocycles. The maximum absolute atomic E-state index is 12.2. The van der Waals surface area contributed by atoms with Gasteiger partial charge >= 0.3 is 0 Å². The lowest BCUT2D eigenvalue weighted by molar-refractivity contribution is 0.0981. The highest BCUT2D eigenvalue weighted by Crippen LogP contribution is 2.35. The third kappa shape index (κ3) is 1.95. The zero-order chi connectivity index (χ0) is 11.8. The Kier molecular flexibility index (Phi) is 2.43. The van der Waals surface area contributed by atoms with E-state index in [1.165, 1.54) is 18.9 Å². The summed E-state index contributed by atoms with van der Waals surface area (Å²) in [4.78, 5) is 24.0. The van der Waals surface area contributed by atoms with Gasteiger partial charge in [-0.05, 0) is 24.8 Å². The van der Waals surface area contributed by atoms with E-state index in [-0.39, 0.29) is 11.6 Å². The molecular weight excluding hydrogens is 212 g/mol. The summed E-state index contributed by atoms with van der Waals surface area (Å²) in [6.07, 6.45) is 5.90. The van der Waals surface area contributed by atoms with E-state index in [0.717, 1.165) is 18.8 Å². The molecule has 0 aromatic heterocycles. The molecule has 0 amide bonds. The number of allylic oxidation sites excluding steroid dienone is 2. The molecule has 0 saturated heterocycles. The summed E-state index contributed by atoms with van der Waals surface area (Å²) in [7, 11) is 0. The molecule has 3 rings (SSSR count). The second-order valence-corrected chi connectivity index (χ2v) is 4.89. The first-order chi connectivity index (χ1) is 8.25. The van der Waals surface area contributed by atoms with Gasteiger partial charge in [-0.3, -0.25) is 9.59 Å². The van der Waals surface area contributed by atoms with E-state index >= 15 is 0 Å². The fourth-order valence-electron chi connectivity index (χ4n) is 2.32. The molecule has 86 valence electrons. The molecule has 1 aromatic rings. The van der Waals surface area contributed by atoms with E-state index in [9.17, 15) is 9.59 Å². The molecule has 0 unspecified atom stereocenters. The van der Waals surface area contributed by atoms with Gasteiger partial charge in [-0.15, -0.1) is 0 Å². The largest absolute Gasteiger partial charge is 0.289 e. The Morgan fingerprint density at radius 2 is 1.76 bits per heavy atom. The normalized spacial score (nSPS) is 18.9. The van der Waals surface area contributed by atoms with Gasteiger partial charge in [0.1, 0.15) is 0 Å². The summed E-state index contributed by atoms with van der Waals surface area (Å²) < 4.78 is 0. The smallest absolute Gasteiger partial charge is 0.189 e. The van der Waals surface area contributed by atoms with Crippen LogP contribution >= 0.6 is 0 Å². The summed E-state index contributed by atoms with van der Waals surface area (Å²) in [6, 6.07) is 7.09. The number of hydrogen-bond donors (Lipinski definition) is 0. The van der Waals surface area contributed by atoms with Crippen LogP contribution in [0.4, 0.5) is 0 Å². The minimum Gasteiger partial charge on any atom is -0.289 e. The van der Waals surface area contributed by atoms with Gasteiger partial charge < -0.3 is 0 Å². The molecule has 1 aromatic carbocycles. The lowest BCUT2D eigenvalue weighted by Crippen LogP contribution is -2.16.